The van der Waals surface area contributed by atoms with Crippen LogP contribution in [0.2, 0.25) is 0 Å². The molecule has 0 saturated carbocycles. The predicted octanol–water partition coefficient (Wildman–Crippen LogP) is 0.998. The van der Waals surface area contributed by atoms with Gasteiger partial charge in [0.15, 0.2) is 9.84 Å². The Hall–Kier alpha value is -1.02. The number of amides is 1. The van der Waals surface area contributed by atoms with Crippen molar-refractivity contribution in [1.29, 1.82) is 0 Å². The Labute approximate surface area is 122 Å². The van der Waals surface area contributed by atoms with Crippen LogP contribution < -0.4 is 5.32 Å². The van der Waals surface area contributed by atoms with Gasteiger partial charge in [-0.15, -0.1) is 10.2 Å². The molecule has 0 unspecified atom stereocenters. The number of hydrogen-bond acceptors (Lipinski definition) is 6. The molecular weight excluding hydrogens is 298 g/mol. The standard InChI is InChI=1S/C12H19N3O3S2/c1-7-5-20(17,18)6-8(7)13-9(16)10-14-15-11(19-10)12(2,3)4/h7-8H,5-6H2,1-4H3,(H,13,16)/t7-,8+/m0/s1. The molecule has 2 heterocycles. The lowest BCUT2D eigenvalue weighted by Gasteiger charge is -2.14. The third-order valence-electron chi connectivity index (χ3n) is 3.21. The van der Waals surface area contributed by atoms with E-state index >= 15 is 0 Å². The van der Waals surface area contributed by atoms with Gasteiger partial charge < -0.3 is 5.32 Å². The molecule has 0 spiro atoms. The molecule has 2 rings (SSSR count). The van der Waals surface area contributed by atoms with Crippen LogP contribution in [0.5, 0.6) is 0 Å². The minimum Gasteiger partial charge on any atom is -0.346 e. The molecule has 0 radical (unpaired) electrons. The number of nitrogens with zero attached hydrogens (tertiary/aromatic N) is 2. The molecule has 1 aliphatic rings. The number of carbonyl (C=O) groups is 1. The van der Waals surface area contributed by atoms with E-state index in [4.69, 9.17) is 0 Å². The fourth-order valence-corrected chi connectivity index (χ4v) is 4.99. The van der Waals surface area contributed by atoms with E-state index in [9.17, 15) is 13.2 Å². The van der Waals surface area contributed by atoms with Crippen molar-refractivity contribution in [2.45, 2.75) is 39.2 Å². The van der Waals surface area contributed by atoms with Crippen LogP contribution in [0, 0.1) is 5.92 Å². The summed E-state index contributed by atoms with van der Waals surface area (Å²) < 4.78 is 23.1. The van der Waals surface area contributed by atoms with Gasteiger partial charge >= 0.3 is 0 Å². The zero-order chi connectivity index (χ0) is 15.1. The largest absolute Gasteiger partial charge is 0.346 e. The van der Waals surface area contributed by atoms with Crippen molar-refractivity contribution in [3.8, 4) is 0 Å². The van der Waals surface area contributed by atoms with E-state index < -0.39 is 9.84 Å². The molecule has 1 aliphatic heterocycles. The Morgan fingerprint density at radius 2 is 1.95 bits per heavy atom. The first-order valence-corrected chi connectivity index (χ1v) is 9.07. The minimum atomic E-state index is -3.04. The highest BCUT2D eigenvalue weighted by Crippen LogP contribution is 2.25. The summed E-state index contributed by atoms with van der Waals surface area (Å²) in [6.07, 6.45) is 0. The third kappa shape index (κ3) is 3.35. The van der Waals surface area contributed by atoms with Gasteiger partial charge in [-0.1, -0.05) is 39.0 Å². The Balaban J connectivity index is 2.08. The quantitative estimate of drug-likeness (QED) is 0.879. The number of sulfone groups is 1. The SMILES string of the molecule is C[C@H]1CS(=O)(=O)C[C@H]1NC(=O)c1nnc(C(C)(C)C)s1. The van der Waals surface area contributed by atoms with Crippen molar-refractivity contribution < 1.29 is 13.2 Å². The molecule has 8 heteroatoms. The summed E-state index contributed by atoms with van der Waals surface area (Å²) in [4.78, 5) is 12.1. The van der Waals surface area contributed by atoms with Crippen molar-refractivity contribution in [1.82, 2.24) is 15.5 Å². The van der Waals surface area contributed by atoms with Gasteiger partial charge in [0.1, 0.15) is 5.01 Å². The minimum absolute atomic E-state index is 0.00480. The van der Waals surface area contributed by atoms with Crippen LogP contribution in [-0.4, -0.2) is 42.1 Å². The van der Waals surface area contributed by atoms with E-state index in [1.165, 1.54) is 11.3 Å². The highest BCUT2D eigenvalue weighted by molar-refractivity contribution is 7.91. The van der Waals surface area contributed by atoms with E-state index in [2.05, 4.69) is 15.5 Å². The van der Waals surface area contributed by atoms with E-state index in [1.807, 2.05) is 27.7 Å². The second-order valence-corrected chi connectivity index (χ2v) is 9.43. The van der Waals surface area contributed by atoms with Crippen molar-refractivity contribution >= 4 is 27.1 Å². The average Bonchev–Trinajstić information content (AvgIpc) is 2.83. The van der Waals surface area contributed by atoms with Crippen LogP contribution in [0.4, 0.5) is 0 Å². The van der Waals surface area contributed by atoms with E-state index in [0.29, 0.717) is 0 Å². The molecule has 1 N–H and O–H groups in total. The topological polar surface area (TPSA) is 89.0 Å². The molecular formula is C12H19N3O3S2. The lowest BCUT2D eigenvalue weighted by Crippen LogP contribution is -2.39. The zero-order valence-corrected chi connectivity index (χ0v) is 13.6. The van der Waals surface area contributed by atoms with Crippen molar-refractivity contribution in [3.63, 3.8) is 0 Å². The Morgan fingerprint density at radius 3 is 2.40 bits per heavy atom. The molecule has 1 fully saturated rings. The van der Waals surface area contributed by atoms with Crippen LogP contribution in [0.3, 0.4) is 0 Å². The summed E-state index contributed by atoms with van der Waals surface area (Å²) >= 11 is 1.25. The monoisotopic (exact) mass is 317 g/mol. The molecule has 1 amide bonds. The lowest BCUT2D eigenvalue weighted by atomic mass is 9.98. The van der Waals surface area contributed by atoms with E-state index in [0.717, 1.165) is 5.01 Å². The van der Waals surface area contributed by atoms with Gasteiger partial charge in [-0.05, 0) is 5.92 Å². The van der Waals surface area contributed by atoms with Gasteiger partial charge in [0, 0.05) is 11.5 Å². The molecule has 2 atom stereocenters. The van der Waals surface area contributed by atoms with E-state index in [1.54, 1.807) is 0 Å². The molecule has 20 heavy (non-hydrogen) atoms. The fraction of sp³-hybridized carbons (Fsp3) is 0.750. The number of nitrogens with one attached hydrogen (secondary N) is 1. The van der Waals surface area contributed by atoms with Gasteiger partial charge in [-0.3, -0.25) is 4.79 Å². The van der Waals surface area contributed by atoms with E-state index in [-0.39, 0.29) is 39.8 Å². The molecule has 1 saturated heterocycles. The summed E-state index contributed by atoms with van der Waals surface area (Å²) in [6.45, 7) is 7.83. The molecule has 1 aromatic heterocycles. The molecule has 112 valence electrons. The predicted molar refractivity (Wildman–Crippen MR) is 77.7 cm³/mol. The first-order valence-electron chi connectivity index (χ1n) is 6.44. The van der Waals surface area contributed by atoms with Gasteiger partial charge in [0.25, 0.3) is 5.91 Å². The van der Waals surface area contributed by atoms with Gasteiger partial charge in [-0.25, -0.2) is 8.42 Å². The summed E-state index contributed by atoms with van der Waals surface area (Å²) in [5.41, 5.74) is -0.153. The maximum Gasteiger partial charge on any atom is 0.282 e. The zero-order valence-electron chi connectivity index (χ0n) is 12.0. The molecule has 0 bridgehead atoms. The van der Waals surface area contributed by atoms with Crippen LogP contribution in [-0.2, 0) is 15.3 Å². The first kappa shape index (κ1) is 15.4. The van der Waals surface area contributed by atoms with Crippen molar-refractivity contribution in [3.05, 3.63) is 10.0 Å². The molecule has 0 aromatic carbocycles. The highest BCUT2D eigenvalue weighted by atomic mass is 32.2. The van der Waals surface area contributed by atoms with Crippen molar-refractivity contribution in [2.75, 3.05) is 11.5 Å². The summed E-state index contributed by atoms with van der Waals surface area (Å²) in [5, 5.41) is 11.7. The summed E-state index contributed by atoms with van der Waals surface area (Å²) in [6, 6.07) is -0.338. The van der Waals surface area contributed by atoms with Gasteiger partial charge in [-0.2, -0.15) is 0 Å². The molecule has 0 aliphatic carbocycles. The summed E-state index contributed by atoms with van der Waals surface area (Å²) in [5.74, 6) is -0.280. The third-order valence-corrected chi connectivity index (χ3v) is 6.46. The Morgan fingerprint density at radius 1 is 1.30 bits per heavy atom. The maximum atomic E-state index is 12.1. The highest BCUT2D eigenvalue weighted by Gasteiger charge is 2.36. The normalized spacial score (nSPS) is 25.6. The van der Waals surface area contributed by atoms with Crippen LogP contribution >= 0.6 is 11.3 Å². The Kier molecular flexibility index (Phi) is 3.90. The van der Waals surface area contributed by atoms with Gasteiger partial charge in [0.2, 0.25) is 5.01 Å². The molecule has 1 aromatic rings. The fourth-order valence-electron chi connectivity index (χ4n) is 2.05. The number of rotatable bonds is 2. The second-order valence-electron chi connectivity index (χ2n) is 6.30. The Bertz CT molecular complexity index is 616. The second kappa shape index (κ2) is 5.07. The first-order chi connectivity index (χ1) is 9.08. The van der Waals surface area contributed by atoms with Crippen LogP contribution in [0.1, 0.15) is 42.5 Å². The number of hydrogen-bond donors (Lipinski definition) is 1. The number of aromatic nitrogens is 2. The van der Waals surface area contributed by atoms with Gasteiger partial charge in [0.05, 0.1) is 11.5 Å². The molecule has 6 nitrogen and oxygen atoms in total. The van der Waals surface area contributed by atoms with Crippen LogP contribution in [0.25, 0.3) is 0 Å². The number of carbonyl (C=O) groups excluding carboxylic acids is 1. The summed E-state index contributed by atoms with van der Waals surface area (Å²) in [7, 11) is -3.04. The van der Waals surface area contributed by atoms with Crippen LogP contribution in [0.15, 0.2) is 0 Å². The lowest BCUT2D eigenvalue weighted by molar-refractivity contribution is 0.0932. The smallest absolute Gasteiger partial charge is 0.282 e. The average molecular weight is 317 g/mol. The maximum absolute atomic E-state index is 12.1. The van der Waals surface area contributed by atoms with Crippen molar-refractivity contribution in [2.24, 2.45) is 5.92 Å².